The maximum atomic E-state index is 14.7. The average molecular weight is 558 g/mol. The molecule has 2 aromatic rings. The summed E-state index contributed by atoms with van der Waals surface area (Å²) in [6.07, 6.45) is 10.3. The zero-order chi connectivity index (χ0) is 29.6. The van der Waals surface area contributed by atoms with Crippen LogP contribution in [0.2, 0.25) is 0 Å². The first kappa shape index (κ1) is 34.8. The van der Waals surface area contributed by atoms with Crippen LogP contribution in [-0.4, -0.2) is 53.1 Å². The highest BCUT2D eigenvalue weighted by molar-refractivity contribution is 5.83. The summed E-state index contributed by atoms with van der Waals surface area (Å²) in [7, 11) is 3.43. The number of carbonyl (C=O) groups excluding carboxylic acids is 1. The third-order valence-electron chi connectivity index (χ3n) is 6.15. The molecule has 40 heavy (non-hydrogen) atoms. The van der Waals surface area contributed by atoms with Gasteiger partial charge >= 0.3 is 0 Å². The van der Waals surface area contributed by atoms with Crippen LogP contribution in [0.3, 0.4) is 0 Å². The summed E-state index contributed by atoms with van der Waals surface area (Å²) >= 11 is 0. The Kier molecular flexibility index (Phi) is 18.8. The number of halogens is 1. The van der Waals surface area contributed by atoms with E-state index in [4.69, 9.17) is 14.2 Å². The predicted octanol–water partition coefficient (Wildman–Crippen LogP) is 7.90. The molecule has 0 bridgehead atoms. The van der Waals surface area contributed by atoms with E-state index in [1.165, 1.54) is 44.6 Å². The molecule has 0 spiro atoms. The zero-order valence-electron chi connectivity index (χ0n) is 24.9. The van der Waals surface area contributed by atoms with Gasteiger partial charge in [-0.3, -0.25) is 4.99 Å². The minimum atomic E-state index is -0.454. The van der Waals surface area contributed by atoms with Gasteiger partial charge in [-0.15, -0.1) is 0 Å². The van der Waals surface area contributed by atoms with Crippen molar-refractivity contribution in [3.63, 3.8) is 0 Å². The number of aliphatic imine (C=N–C) groups is 1. The Morgan fingerprint density at radius 1 is 1.10 bits per heavy atom. The summed E-state index contributed by atoms with van der Waals surface area (Å²) in [6.45, 7) is 11.9. The van der Waals surface area contributed by atoms with Crippen molar-refractivity contribution in [1.29, 1.82) is 0 Å². The molecular weight excluding hydrogens is 509 g/mol. The van der Waals surface area contributed by atoms with Crippen LogP contribution < -0.4 is 15.4 Å². The van der Waals surface area contributed by atoms with Crippen molar-refractivity contribution in [2.75, 3.05) is 51.2 Å². The van der Waals surface area contributed by atoms with Crippen molar-refractivity contribution < 1.29 is 23.4 Å². The Morgan fingerprint density at radius 2 is 1.75 bits per heavy atom. The quantitative estimate of drug-likeness (QED) is 0.140. The number of nitrogens with one attached hydrogen (secondary N) is 2. The maximum Gasteiger partial charge on any atom is 0.145 e. The molecule has 0 heterocycles. The number of hydrogen-bond acceptors (Lipinski definition) is 7. The molecule has 0 unspecified atom stereocenters. The molecule has 0 saturated heterocycles. The van der Waals surface area contributed by atoms with E-state index in [1.807, 2.05) is 31.3 Å². The highest BCUT2D eigenvalue weighted by atomic mass is 19.1. The molecular formula is C32H48FN3O4. The first-order valence-electron chi connectivity index (χ1n) is 14.1. The monoisotopic (exact) mass is 557 g/mol. The summed E-state index contributed by atoms with van der Waals surface area (Å²) < 4.78 is 30.3. The SMILES string of the molecule is C=C(Nc1ccc(NC)cc1)c1c(F)cc(OCCOC)cc1N=CC.CCCC.O=CCOCC1CCCC1. The van der Waals surface area contributed by atoms with Crippen LogP contribution in [0.15, 0.2) is 48.0 Å². The number of unbranched alkanes of at least 4 members (excludes halogenated alkanes) is 1. The van der Waals surface area contributed by atoms with Crippen molar-refractivity contribution in [3.8, 4) is 5.75 Å². The second kappa shape index (κ2) is 21.6. The molecule has 0 atom stereocenters. The Hall–Kier alpha value is -3.23. The number of anilines is 2. The minimum Gasteiger partial charge on any atom is -0.491 e. The molecule has 2 N–H and O–H groups in total. The highest BCUT2D eigenvalue weighted by Crippen LogP contribution is 2.33. The molecule has 0 amide bonds. The van der Waals surface area contributed by atoms with Crippen LogP contribution in [0, 0.1) is 11.7 Å². The third kappa shape index (κ3) is 13.7. The van der Waals surface area contributed by atoms with Crippen molar-refractivity contribution in [3.05, 3.63) is 54.4 Å². The fraction of sp³-hybridized carbons (Fsp3) is 0.500. The van der Waals surface area contributed by atoms with Crippen molar-refractivity contribution in [1.82, 2.24) is 0 Å². The third-order valence-corrected chi connectivity index (χ3v) is 6.15. The summed E-state index contributed by atoms with van der Waals surface area (Å²) in [5.74, 6) is 0.680. The molecule has 3 rings (SSSR count). The fourth-order valence-electron chi connectivity index (χ4n) is 3.85. The van der Waals surface area contributed by atoms with Gasteiger partial charge in [-0.2, -0.15) is 0 Å². The molecule has 0 radical (unpaired) electrons. The highest BCUT2D eigenvalue weighted by Gasteiger charge is 2.15. The van der Waals surface area contributed by atoms with Gasteiger partial charge in [-0.25, -0.2) is 4.39 Å². The second-order valence-electron chi connectivity index (χ2n) is 9.31. The average Bonchev–Trinajstić information content (AvgIpc) is 3.48. The Balaban J connectivity index is 0.000000469. The van der Waals surface area contributed by atoms with Crippen LogP contribution in [0.4, 0.5) is 21.5 Å². The summed E-state index contributed by atoms with van der Waals surface area (Å²) in [4.78, 5) is 14.1. The Bertz CT molecular complexity index is 1000. The summed E-state index contributed by atoms with van der Waals surface area (Å²) in [5, 5.41) is 6.17. The van der Waals surface area contributed by atoms with E-state index in [0.717, 1.165) is 30.2 Å². The number of ether oxygens (including phenoxy) is 3. The standard InChI is InChI=1S/C20H24FN3O2.C8H14O2.C4H10/c1-5-23-19-13-17(26-11-10-25-4)12-18(21)20(19)14(2)24-16-8-6-15(22-3)7-9-16;9-5-6-10-7-8-3-1-2-4-8;1-3-4-2/h5-9,12-13,22,24H,2,10-11H2,1,3-4H3;5,8H,1-4,6-7H2;3-4H2,1-2H3. The number of carbonyl (C=O) groups is 1. The molecule has 222 valence electrons. The minimum absolute atomic E-state index is 0.274. The summed E-state index contributed by atoms with van der Waals surface area (Å²) in [5.41, 5.74) is 2.97. The van der Waals surface area contributed by atoms with Crippen molar-refractivity contribution in [2.45, 2.75) is 59.3 Å². The van der Waals surface area contributed by atoms with E-state index < -0.39 is 5.82 Å². The molecule has 1 fully saturated rings. The smallest absolute Gasteiger partial charge is 0.145 e. The number of hydrogen-bond donors (Lipinski definition) is 2. The van der Waals surface area contributed by atoms with Gasteiger partial charge in [0.2, 0.25) is 0 Å². The van der Waals surface area contributed by atoms with E-state index in [9.17, 15) is 9.18 Å². The lowest BCUT2D eigenvalue weighted by Crippen LogP contribution is -2.06. The lowest BCUT2D eigenvalue weighted by atomic mass is 10.1. The molecule has 7 nitrogen and oxygen atoms in total. The molecule has 1 aliphatic rings. The zero-order valence-corrected chi connectivity index (χ0v) is 24.9. The van der Waals surface area contributed by atoms with Gasteiger partial charge in [0.05, 0.1) is 17.9 Å². The molecule has 0 aromatic heterocycles. The van der Waals surface area contributed by atoms with Gasteiger partial charge in [0, 0.05) is 56.2 Å². The number of benzene rings is 2. The molecule has 1 aliphatic carbocycles. The van der Waals surface area contributed by atoms with Crippen LogP contribution >= 0.6 is 0 Å². The van der Waals surface area contributed by atoms with Gasteiger partial charge in [-0.1, -0.05) is 46.1 Å². The van der Waals surface area contributed by atoms with Gasteiger partial charge in [0.1, 0.15) is 31.1 Å². The summed E-state index contributed by atoms with van der Waals surface area (Å²) in [6, 6.07) is 10.6. The second-order valence-corrected chi connectivity index (χ2v) is 9.31. The van der Waals surface area contributed by atoms with Crippen LogP contribution in [0.25, 0.3) is 5.70 Å². The van der Waals surface area contributed by atoms with Crippen molar-refractivity contribution >= 4 is 35.3 Å². The number of methoxy groups -OCH3 is 1. The topological polar surface area (TPSA) is 81.2 Å². The van der Waals surface area contributed by atoms with E-state index in [2.05, 4.69) is 36.1 Å². The molecule has 8 heteroatoms. The first-order chi connectivity index (χ1) is 19.4. The van der Waals surface area contributed by atoms with E-state index in [-0.39, 0.29) is 6.61 Å². The lowest BCUT2D eigenvalue weighted by molar-refractivity contribution is -0.112. The Labute approximate surface area is 240 Å². The van der Waals surface area contributed by atoms with E-state index in [1.54, 1.807) is 26.3 Å². The van der Waals surface area contributed by atoms with Gasteiger partial charge in [0.25, 0.3) is 0 Å². The van der Waals surface area contributed by atoms with Gasteiger partial charge in [0.15, 0.2) is 0 Å². The lowest BCUT2D eigenvalue weighted by Gasteiger charge is -2.15. The van der Waals surface area contributed by atoms with Gasteiger partial charge < -0.3 is 29.6 Å². The maximum absolute atomic E-state index is 14.7. The van der Waals surface area contributed by atoms with Gasteiger partial charge in [-0.05, 0) is 49.9 Å². The number of rotatable bonds is 14. The van der Waals surface area contributed by atoms with E-state index in [0.29, 0.717) is 35.9 Å². The van der Waals surface area contributed by atoms with Crippen molar-refractivity contribution in [2.24, 2.45) is 10.9 Å². The van der Waals surface area contributed by atoms with Crippen LogP contribution in [0.5, 0.6) is 5.75 Å². The van der Waals surface area contributed by atoms with Crippen LogP contribution in [0.1, 0.15) is 64.9 Å². The molecule has 0 aliphatic heterocycles. The number of aldehydes is 1. The largest absolute Gasteiger partial charge is 0.491 e. The fourth-order valence-corrected chi connectivity index (χ4v) is 3.85. The van der Waals surface area contributed by atoms with Crippen LogP contribution in [-0.2, 0) is 14.3 Å². The number of nitrogens with zero attached hydrogens (tertiary/aromatic N) is 1. The molecule has 2 aromatic carbocycles. The van der Waals surface area contributed by atoms with E-state index >= 15 is 0 Å². The first-order valence-corrected chi connectivity index (χ1v) is 14.1. The predicted molar refractivity (Wildman–Crippen MR) is 166 cm³/mol. The normalized spacial score (nSPS) is 12.7. The molecule has 1 saturated carbocycles. The Morgan fingerprint density at radius 3 is 2.30 bits per heavy atom.